The van der Waals surface area contributed by atoms with Crippen LogP contribution in [0.4, 0.5) is 5.82 Å². The van der Waals surface area contributed by atoms with Crippen molar-refractivity contribution in [1.29, 1.82) is 0 Å². The van der Waals surface area contributed by atoms with Crippen molar-refractivity contribution >= 4 is 11.5 Å². The summed E-state index contributed by atoms with van der Waals surface area (Å²) in [6, 6.07) is 8.71. The summed E-state index contributed by atoms with van der Waals surface area (Å²) in [5.74, 6) is 2.97. The van der Waals surface area contributed by atoms with Gasteiger partial charge in [-0.3, -0.25) is 0 Å². The van der Waals surface area contributed by atoms with Crippen molar-refractivity contribution in [1.82, 2.24) is 14.9 Å². The van der Waals surface area contributed by atoms with Gasteiger partial charge < -0.3 is 14.8 Å². The second kappa shape index (κ2) is 7.18. The fraction of sp³-hybridized carbons (Fsp3) is 0.381. The van der Waals surface area contributed by atoms with Crippen molar-refractivity contribution in [3.8, 4) is 0 Å². The normalized spacial score (nSPS) is 13.8. The lowest BCUT2D eigenvalue weighted by Gasteiger charge is -2.32. The van der Waals surface area contributed by atoms with Crippen LogP contribution < -0.4 is 10.2 Å². The quantitative estimate of drug-likeness (QED) is 0.846. The number of anilines is 1. The number of hydrogen-bond acceptors (Lipinski definition) is 3. The van der Waals surface area contributed by atoms with E-state index < -0.39 is 0 Å². The molecule has 0 aliphatic carbocycles. The molecule has 0 atom stereocenters. The first kappa shape index (κ1) is 17.3. The molecule has 132 valence electrons. The van der Waals surface area contributed by atoms with Crippen molar-refractivity contribution in [2.24, 2.45) is 0 Å². The summed E-state index contributed by atoms with van der Waals surface area (Å²) in [6.07, 6.45) is 3.07. The maximum Gasteiger partial charge on any atom is 0.162 e. The molecular weight excluding hydrogens is 308 g/mol. The third-order valence-corrected chi connectivity index (χ3v) is 4.57. The van der Waals surface area contributed by atoms with E-state index in [1.54, 1.807) is 0 Å². The molecule has 0 saturated carbocycles. The average Bonchev–Trinajstić information content (AvgIpc) is 2.92. The van der Waals surface area contributed by atoms with E-state index in [0.29, 0.717) is 0 Å². The summed E-state index contributed by atoms with van der Waals surface area (Å²) in [5.41, 5.74) is 4.53. The second-order valence-electron chi connectivity index (χ2n) is 6.72. The molecule has 4 heteroatoms. The summed E-state index contributed by atoms with van der Waals surface area (Å²) in [4.78, 5) is 7.16. The molecule has 0 bridgehead atoms. The summed E-state index contributed by atoms with van der Waals surface area (Å²) in [7, 11) is 0. The van der Waals surface area contributed by atoms with Gasteiger partial charge in [0.2, 0.25) is 0 Å². The summed E-state index contributed by atoms with van der Waals surface area (Å²) < 4.78 is 2.31. The minimum absolute atomic E-state index is 0.811. The molecule has 0 radical (unpaired) electrons. The molecular formula is C21H28N4. The van der Waals surface area contributed by atoms with Gasteiger partial charge in [-0.15, -0.1) is 0 Å². The van der Waals surface area contributed by atoms with Crippen LogP contribution in [0.2, 0.25) is 0 Å². The molecule has 1 aliphatic rings. The number of nitrogens with zero attached hydrogens (tertiary/aromatic N) is 3. The lowest BCUT2D eigenvalue weighted by atomic mass is 10.1. The highest BCUT2D eigenvalue weighted by Gasteiger charge is 2.29. The van der Waals surface area contributed by atoms with Gasteiger partial charge >= 0.3 is 0 Å². The third kappa shape index (κ3) is 3.34. The van der Waals surface area contributed by atoms with E-state index in [1.165, 1.54) is 11.1 Å². The molecule has 1 aromatic carbocycles. The highest BCUT2D eigenvalue weighted by Crippen LogP contribution is 2.34. The van der Waals surface area contributed by atoms with Crippen LogP contribution >= 0.6 is 0 Å². The van der Waals surface area contributed by atoms with E-state index in [4.69, 9.17) is 4.98 Å². The van der Waals surface area contributed by atoms with Gasteiger partial charge in [-0.05, 0) is 25.3 Å². The van der Waals surface area contributed by atoms with Gasteiger partial charge in [0.05, 0.1) is 5.70 Å². The summed E-state index contributed by atoms with van der Waals surface area (Å²) in [5, 5.41) is 3.34. The fourth-order valence-electron chi connectivity index (χ4n) is 3.33. The van der Waals surface area contributed by atoms with Gasteiger partial charge in [-0.1, -0.05) is 56.8 Å². The second-order valence-corrected chi connectivity index (χ2v) is 6.72. The Balaban J connectivity index is 2.07. The number of fused-ring (bicyclic) bond motifs is 1. The first-order valence-electron chi connectivity index (χ1n) is 9.12. The van der Waals surface area contributed by atoms with Crippen molar-refractivity contribution in [2.75, 3.05) is 11.4 Å². The van der Waals surface area contributed by atoms with Crippen LogP contribution in [0.25, 0.3) is 5.70 Å². The Kier molecular flexibility index (Phi) is 4.98. The van der Waals surface area contributed by atoms with Crippen LogP contribution in [0.1, 0.15) is 49.3 Å². The molecule has 0 unspecified atom stereocenters. The highest BCUT2D eigenvalue weighted by atomic mass is 15.3. The Labute approximate surface area is 150 Å². The average molecular weight is 336 g/mol. The van der Waals surface area contributed by atoms with Gasteiger partial charge in [-0.2, -0.15) is 0 Å². The number of nitrogens with one attached hydrogen (secondary N) is 1. The molecule has 2 heterocycles. The predicted molar refractivity (Wildman–Crippen MR) is 105 cm³/mol. The zero-order chi connectivity index (χ0) is 18.0. The van der Waals surface area contributed by atoms with Crippen molar-refractivity contribution in [2.45, 2.75) is 46.6 Å². The first-order valence-corrected chi connectivity index (χ1v) is 9.12. The van der Waals surface area contributed by atoms with Crippen molar-refractivity contribution in [3.05, 3.63) is 65.9 Å². The molecule has 0 spiro atoms. The zero-order valence-electron chi connectivity index (χ0n) is 15.6. The van der Waals surface area contributed by atoms with Gasteiger partial charge in [-0.25, -0.2) is 4.98 Å². The fourth-order valence-corrected chi connectivity index (χ4v) is 3.33. The molecule has 25 heavy (non-hydrogen) atoms. The first-order chi connectivity index (χ1) is 12.0. The van der Waals surface area contributed by atoms with E-state index in [1.807, 2.05) is 0 Å². The van der Waals surface area contributed by atoms with Gasteiger partial charge in [0.25, 0.3) is 0 Å². The van der Waals surface area contributed by atoms with Crippen molar-refractivity contribution in [3.63, 3.8) is 0 Å². The van der Waals surface area contributed by atoms with Crippen LogP contribution in [0.5, 0.6) is 0 Å². The van der Waals surface area contributed by atoms with Crippen LogP contribution in [0.3, 0.4) is 0 Å². The van der Waals surface area contributed by atoms with Crippen molar-refractivity contribution < 1.29 is 0 Å². The monoisotopic (exact) mass is 336 g/mol. The number of rotatable bonds is 6. The Hall–Kier alpha value is -2.49. The smallest absolute Gasteiger partial charge is 0.162 e. The highest BCUT2D eigenvalue weighted by molar-refractivity contribution is 5.77. The molecule has 2 aromatic rings. The predicted octanol–water partition coefficient (Wildman–Crippen LogP) is 4.45. The summed E-state index contributed by atoms with van der Waals surface area (Å²) in [6.45, 7) is 16.6. The number of hydrogen-bond donors (Lipinski definition) is 1. The molecule has 1 aromatic heterocycles. The van der Waals surface area contributed by atoms with E-state index in [0.717, 1.165) is 61.2 Å². The number of aromatic nitrogens is 2. The number of aryl methyl sites for hydroxylation is 2. The molecule has 1 N–H and O–H groups in total. The Morgan fingerprint density at radius 3 is 2.44 bits per heavy atom. The lowest BCUT2D eigenvalue weighted by Crippen LogP contribution is -2.36. The molecule has 4 nitrogen and oxygen atoms in total. The topological polar surface area (TPSA) is 33.1 Å². The van der Waals surface area contributed by atoms with E-state index in [2.05, 4.69) is 73.0 Å². The number of imidazole rings is 1. The molecule has 0 amide bonds. The SMILES string of the molecule is C=C1NC(=C)N(CCC)c2nc(CCC)n(Cc3ccc(C)cc3)c21. The molecule has 3 rings (SSSR count). The van der Waals surface area contributed by atoms with Crippen LogP contribution in [-0.2, 0) is 13.0 Å². The molecule has 1 aliphatic heterocycles. The number of benzene rings is 1. The van der Waals surface area contributed by atoms with Gasteiger partial charge in [0, 0.05) is 19.5 Å². The third-order valence-electron chi connectivity index (χ3n) is 4.57. The minimum Gasteiger partial charge on any atom is -0.341 e. The zero-order valence-corrected chi connectivity index (χ0v) is 15.6. The Morgan fingerprint density at radius 1 is 1.08 bits per heavy atom. The lowest BCUT2D eigenvalue weighted by molar-refractivity contribution is 0.694. The molecule has 0 fully saturated rings. The van der Waals surface area contributed by atoms with E-state index in [-0.39, 0.29) is 0 Å². The van der Waals surface area contributed by atoms with Crippen LogP contribution in [0, 0.1) is 6.92 Å². The van der Waals surface area contributed by atoms with Crippen LogP contribution in [-0.4, -0.2) is 16.1 Å². The molecule has 0 saturated heterocycles. The standard InChI is InChI=1S/C21H28N4/c1-6-8-19-23-21-20(16(4)22-17(5)24(21)13-7-2)25(19)14-18-11-9-15(3)10-12-18/h9-12,22H,4-8,13-14H2,1-3H3. The Morgan fingerprint density at radius 2 is 1.80 bits per heavy atom. The van der Waals surface area contributed by atoms with Crippen LogP contribution in [0.15, 0.2) is 43.2 Å². The Bertz CT molecular complexity index is 783. The van der Waals surface area contributed by atoms with E-state index >= 15 is 0 Å². The minimum atomic E-state index is 0.811. The largest absolute Gasteiger partial charge is 0.341 e. The maximum atomic E-state index is 4.98. The van der Waals surface area contributed by atoms with Gasteiger partial charge in [0.1, 0.15) is 17.3 Å². The maximum absolute atomic E-state index is 4.98. The van der Waals surface area contributed by atoms with Gasteiger partial charge in [0.15, 0.2) is 5.82 Å². The van der Waals surface area contributed by atoms with E-state index in [9.17, 15) is 0 Å². The summed E-state index contributed by atoms with van der Waals surface area (Å²) >= 11 is 0.